The highest BCUT2D eigenvalue weighted by molar-refractivity contribution is 14.1. The van der Waals surface area contributed by atoms with Crippen LogP contribution in [0.5, 0.6) is 6.01 Å². The smallest absolute Gasteiger partial charge is 0.316 e. The summed E-state index contributed by atoms with van der Waals surface area (Å²) in [5, 5.41) is 0. The predicted molar refractivity (Wildman–Crippen MR) is 50.9 cm³/mol. The number of alkyl halides is 2. The van der Waals surface area contributed by atoms with E-state index in [-0.39, 0.29) is 6.01 Å². The highest BCUT2D eigenvalue weighted by atomic mass is 127. The van der Waals surface area contributed by atoms with E-state index in [0.29, 0.717) is 0 Å². The van der Waals surface area contributed by atoms with E-state index in [1.807, 2.05) is 22.6 Å². The minimum absolute atomic E-state index is 0.0260. The number of aromatic nitrogens is 2. The number of hydrogen-bond donors (Lipinski definition) is 0. The quantitative estimate of drug-likeness (QED) is 0.802. The zero-order valence-electron chi connectivity index (χ0n) is 6.80. The summed E-state index contributed by atoms with van der Waals surface area (Å²) in [5.74, 6) is -2.85. The lowest BCUT2D eigenvalue weighted by atomic mass is 10.4. The summed E-state index contributed by atoms with van der Waals surface area (Å²) < 4.78 is 30.1. The van der Waals surface area contributed by atoms with Crippen LogP contribution >= 0.6 is 22.6 Å². The molecular weight excluding hydrogens is 293 g/mol. The maximum Gasteiger partial charge on any atom is 0.316 e. The molecule has 0 aliphatic rings. The number of hydrogen-bond acceptors (Lipinski definition) is 3. The van der Waals surface area contributed by atoms with Crippen LogP contribution in [0.3, 0.4) is 0 Å². The van der Waals surface area contributed by atoms with Crippen molar-refractivity contribution in [3.63, 3.8) is 0 Å². The molecule has 0 aliphatic carbocycles. The number of halogens is 3. The molecule has 0 unspecified atom stereocenters. The van der Waals surface area contributed by atoms with Crippen LogP contribution in [0.1, 0.15) is 6.92 Å². The molecule has 0 spiro atoms. The van der Waals surface area contributed by atoms with Crippen molar-refractivity contribution in [1.29, 1.82) is 0 Å². The van der Waals surface area contributed by atoms with Gasteiger partial charge in [0.2, 0.25) is 0 Å². The van der Waals surface area contributed by atoms with E-state index in [9.17, 15) is 8.78 Å². The average molecular weight is 300 g/mol. The van der Waals surface area contributed by atoms with Crippen molar-refractivity contribution in [3.8, 4) is 6.01 Å². The zero-order valence-corrected chi connectivity index (χ0v) is 8.96. The van der Waals surface area contributed by atoms with Crippen molar-refractivity contribution >= 4 is 22.6 Å². The summed E-state index contributed by atoms with van der Waals surface area (Å²) in [7, 11) is 0. The molecule has 1 aromatic rings. The van der Waals surface area contributed by atoms with E-state index in [0.717, 1.165) is 10.5 Å². The van der Waals surface area contributed by atoms with Gasteiger partial charge in [0.15, 0.2) is 6.61 Å². The summed E-state index contributed by atoms with van der Waals surface area (Å²) in [6, 6.07) is -0.0260. The Balaban J connectivity index is 2.51. The highest BCUT2D eigenvalue weighted by Gasteiger charge is 2.22. The summed E-state index contributed by atoms with van der Waals surface area (Å²) in [6.07, 6.45) is 2.99. The first-order chi connectivity index (χ1) is 5.97. The molecule has 13 heavy (non-hydrogen) atoms. The molecule has 1 aromatic heterocycles. The molecule has 6 heteroatoms. The van der Waals surface area contributed by atoms with Crippen LogP contribution in [0.2, 0.25) is 0 Å². The molecule has 1 rings (SSSR count). The number of ether oxygens (including phenoxy) is 1. The maximum absolute atomic E-state index is 12.3. The van der Waals surface area contributed by atoms with Crippen molar-refractivity contribution in [2.75, 3.05) is 6.61 Å². The van der Waals surface area contributed by atoms with Crippen LogP contribution in [-0.2, 0) is 0 Å². The van der Waals surface area contributed by atoms with Crippen molar-refractivity contribution in [1.82, 2.24) is 9.97 Å². The maximum atomic E-state index is 12.3. The second-order valence-electron chi connectivity index (χ2n) is 2.54. The monoisotopic (exact) mass is 300 g/mol. The van der Waals surface area contributed by atoms with Crippen molar-refractivity contribution in [3.05, 3.63) is 16.0 Å². The second-order valence-corrected chi connectivity index (χ2v) is 3.79. The van der Waals surface area contributed by atoms with Crippen LogP contribution in [-0.4, -0.2) is 22.5 Å². The molecule has 0 fully saturated rings. The van der Waals surface area contributed by atoms with E-state index < -0.39 is 12.5 Å². The first-order valence-corrected chi connectivity index (χ1v) is 4.53. The van der Waals surface area contributed by atoms with Gasteiger partial charge in [-0.15, -0.1) is 0 Å². The SMILES string of the molecule is CC(F)(F)COc1ncc(I)cn1. The molecule has 3 nitrogen and oxygen atoms in total. The first-order valence-electron chi connectivity index (χ1n) is 3.45. The topological polar surface area (TPSA) is 35.0 Å². The minimum atomic E-state index is -2.85. The summed E-state index contributed by atoms with van der Waals surface area (Å²) in [6.45, 7) is 0.0767. The molecular formula is C7H7F2IN2O. The molecule has 0 saturated heterocycles. The zero-order chi connectivity index (χ0) is 9.90. The van der Waals surface area contributed by atoms with Gasteiger partial charge in [-0.1, -0.05) is 0 Å². The third-order valence-electron chi connectivity index (χ3n) is 1.05. The summed E-state index contributed by atoms with van der Waals surface area (Å²) in [5.41, 5.74) is 0. The largest absolute Gasteiger partial charge is 0.457 e. The minimum Gasteiger partial charge on any atom is -0.457 e. The Morgan fingerprint density at radius 1 is 1.46 bits per heavy atom. The average Bonchev–Trinajstić information content (AvgIpc) is 2.02. The number of rotatable bonds is 3. The molecule has 72 valence electrons. The highest BCUT2D eigenvalue weighted by Crippen LogP contribution is 2.13. The third-order valence-corrected chi connectivity index (χ3v) is 1.61. The fraction of sp³-hybridized carbons (Fsp3) is 0.429. The van der Waals surface area contributed by atoms with Crippen LogP contribution < -0.4 is 4.74 Å². The van der Waals surface area contributed by atoms with Gasteiger partial charge >= 0.3 is 6.01 Å². The molecule has 0 aliphatic heterocycles. The Labute approximate surface area is 87.7 Å². The number of nitrogens with zero attached hydrogens (tertiary/aromatic N) is 2. The van der Waals surface area contributed by atoms with Crippen molar-refractivity contribution in [2.24, 2.45) is 0 Å². The Morgan fingerprint density at radius 2 is 2.00 bits per heavy atom. The Bertz CT molecular complexity index is 273. The van der Waals surface area contributed by atoms with Gasteiger partial charge in [-0.05, 0) is 22.6 Å². The molecule has 0 saturated carbocycles. The van der Waals surface area contributed by atoms with E-state index >= 15 is 0 Å². The molecule has 0 amide bonds. The van der Waals surface area contributed by atoms with E-state index in [2.05, 4.69) is 14.7 Å². The molecule has 1 heterocycles. The van der Waals surface area contributed by atoms with Gasteiger partial charge in [-0.2, -0.15) is 0 Å². The van der Waals surface area contributed by atoms with Gasteiger partial charge < -0.3 is 4.74 Å². The van der Waals surface area contributed by atoms with Crippen LogP contribution in [0.15, 0.2) is 12.4 Å². The fourth-order valence-electron chi connectivity index (χ4n) is 0.566. The van der Waals surface area contributed by atoms with E-state index in [4.69, 9.17) is 0 Å². The van der Waals surface area contributed by atoms with Gasteiger partial charge in [-0.25, -0.2) is 18.7 Å². The van der Waals surface area contributed by atoms with Gasteiger partial charge in [-0.3, -0.25) is 0 Å². The lowest BCUT2D eigenvalue weighted by Crippen LogP contribution is -2.21. The van der Waals surface area contributed by atoms with Crippen LogP contribution in [0.4, 0.5) is 8.78 Å². The molecule has 0 bridgehead atoms. The lowest BCUT2D eigenvalue weighted by molar-refractivity contribution is -0.0256. The summed E-state index contributed by atoms with van der Waals surface area (Å²) in [4.78, 5) is 7.41. The molecule has 0 N–H and O–H groups in total. The molecule has 0 atom stereocenters. The van der Waals surface area contributed by atoms with Gasteiger partial charge in [0.1, 0.15) is 0 Å². The molecule has 0 aromatic carbocycles. The summed E-state index contributed by atoms with van der Waals surface area (Å²) >= 11 is 2.01. The normalized spacial score (nSPS) is 11.4. The predicted octanol–water partition coefficient (Wildman–Crippen LogP) is 2.12. The lowest BCUT2D eigenvalue weighted by Gasteiger charge is -2.09. The standard InChI is InChI=1S/C7H7F2IN2O/c1-7(8,9)4-13-6-11-2-5(10)3-12-6/h2-3H,4H2,1H3. The second kappa shape index (κ2) is 4.12. The van der Waals surface area contributed by atoms with Crippen molar-refractivity contribution < 1.29 is 13.5 Å². The van der Waals surface area contributed by atoms with E-state index in [1.54, 1.807) is 0 Å². The Hall–Kier alpha value is -0.530. The molecule has 0 radical (unpaired) electrons. The Kier molecular flexibility index (Phi) is 3.34. The first kappa shape index (κ1) is 10.6. The fourth-order valence-corrected chi connectivity index (χ4v) is 0.845. The van der Waals surface area contributed by atoms with Crippen LogP contribution in [0.25, 0.3) is 0 Å². The Morgan fingerprint density at radius 3 is 2.46 bits per heavy atom. The van der Waals surface area contributed by atoms with Gasteiger partial charge in [0, 0.05) is 22.9 Å². The van der Waals surface area contributed by atoms with Crippen LogP contribution in [0, 0.1) is 3.57 Å². The van der Waals surface area contributed by atoms with E-state index in [1.165, 1.54) is 12.4 Å². The van der Waals surface area contributed by atoms with Gasteiger partial charge in [0.25, 0.3) is 5.92 Å². The third kappa shape index (κ3) is 4.30. The van der Waals surface area contributed by atoms with Crippen molar-refractivity contribution in [2.45, 2.75) is 12.8 Å². The van der Waals surface area contributed by atoms with Gasteiger partial charge in [0.05, 0.1) is 0 Å².